The monoisotopic (exact) mass is 203 g/mol. The number of hydrogen-bond donors (Lipinski definition) is 2. The van der Waals surface area contributed by atoms with Gasteiger partial charge in [0.1, 0.15) is 0 Å². The Labute approximate surface area is 82.5 Å². The minimum absolute atomic E-state index is 0.144. The van der Waals surface area contributed by atoms with Crippen LogP contribution < -0.4 is 11.5 Å². The van der Waals surface area contributed by atoms with Gasteiger partial charge in [-0.15, -0.1) is 0 Å². The summed E-state index contributed by atoms with van der Waals surface area (Å²) in [5.74, 6) is 0.144. The number of amidine groups is 1. The highest BCUT2D eigenvalue weighted by molar-refractivity contribution is 6.65. The minimum atomic E-state index is -0.489. The van der Waals surface area contributed by atoms with Crippen molar-refractivity contribution >= 4 is 22.9 Å². The van der Waals surface area contributed by atoms with E-state index in [1.807, 2.05) is 0 Å². The van der Waals surface area contributed by atoms with Crippen molar-refractivity contribution in [1.29, 1.82) is 0 Å². The third kappa shape index (κ3) is 2.57. The molecule has 74 valence electrons. The zero-order valence-electron chi connectivity index (χ0n) is 7.57. The first-order valence-electron chi connectivity index (χ1n) is 4.25. The van der Waals surface area contributed by atoms with Crippen molar-refractivity contribution in [2.45, 2.75) is 26.1 Å². The Balaban J connectivity index is 2.61. The average Bonchev–Trinajstić information content (AvgIpc) is 2.02. The van der Waals surface area contributed by atoms with Crippen LogP contribution in [0.2, 0.25) is 0 Å². The van der Waals surface area contributed by atoms with Gasteiger partial charge < -0.3 is 10.6 Å². The molecule has 0 amide bonds. The van der Waals surface area contributed by atoms with Crippen LogP contribution in [-0.4, -0.2) is 29.0 Å². The number of nitrogens with zero attached hydrogens (tertiary/aromatic N) is 3. The van der Waals surface area contributed by atoms with E-state index in [1.165, 1.54) is 0 Å². The Hall–Kier alpha value is -0.810. The first-order valence-corrected chi connectivity index (χ1v) is 4.62. The molecular weight excluding hydrogens is 190 g/mol. The van der Waals surface area contributed by atoms with E-state index >= 15 is 0 Å². The van der Waals surface area contributed by atoms with E-state index < -0.39 is 6.29 Å². The van der Waals surface area contributed by atoms with Crippen molar-refractivity contribution in [2.75, 3.05) is 6.54 Å². The second-order valence-electron chi connectivity index (χ2n) is 2.83. The third-order valence-electron chi connectivity index (χ3n) is 1.78. The van der Waals surface area contributed by atoms with Gasteiger partial charge in [0.2, 0.25) is 11.3 Å². The minimum Gasteiger partial charge on any atom is -0.368 e. The van der Waals surface area contributed by atoms with E-state index in [-0.39, 0.29) is 5.96 Å². The zero-order chi connectivity index (χ0) is 9.84. The summed E-state index contributed by atoms with van der Waals surface area (Å²) in [6.07, 6.45) is 1.60. The van der Waals surface area contributed by atoms with Crippen molar-refractivity contribution < 1.29 is 0 Å². The number of nitrogens with two attached hydrogens (primary N) is 2. The molecule has 0 aromatic carbocycles. The van der Waals surface area contributed by atoms with Crippen LogP contribution >= 0.6 is 11.6 Å². The summed E-state index contributed by atoms with van der Waals surface area (Å²) >= 11 is 5.84. The summed E-state index contributed by atoms with van der Waals surface area (Å²) in [6, 6.07) is 0. The van der Waals surface area contributed by atoms with Gasteiger partial charge in [-0.2, -0.15) is 4.99 Å². The first kappa shape index (κ1) is 10.3. The number of halogens is 1. The second-order valence-corrected chi connectivity index (χ2v) is 3.17. The smallest absolute Gasteiger partial charge is 0.221 e. The van der Waals surface area contributed by atoms with E-state index in [9.17, 15) is 0 Å². The van der Waals surface area contributed by atoms with Crippen LogP contribution in [0.3, 0.4) is 0 Å². The van der Waals surface area contributed by atoms with E-state index in [1.54, 1.807) is 4.90 Å². The van der Waals surface area contributed by atoms with Gasteiger partial charge in [-0.05, 0) is 18.0 Å². The van der Waals surface area contributed by atoms with E-state index in [4.69, 9.17) is 23.1 Å². The van der Waals surface area contributed by atoms with Crippen molar-refractivity contribution in [3.8, 4) is 0 Å². The largest absolute Gasteiger partial charge is 0.368 e. The fourth-order valence-electron chi connectivity index (χ4n) is 1.05. The molecular formula is C7H14ClN5. The summed E-state index contributed by atoms with van der Waals surface area (Å²) in [4.78, 5) is 9.44. The molecule has 13 heavy (non-hydrogen) atoms. The molecule has 5 nitrogen and oxygen atoms in total. The molecule has 1 aliphatic rings. The van der Waals surface area contributed by atoms with Crippen molar-refractivity contribution in [3.05, 3.63) is 0 Å². The highest BCUT2D eigenvalue weighted by atomic mass is 35.5. The Bertz CT molecular complexity index is 237. The van der Waals surface area contributed by atoms with Crippen LogP contribution in [0.15, 0.2) is 9.98 Å². The lowest BCUT2D eigenvalue weighted by Gasteiger charge is -2.28. The molecule has 0 aromatic heterocycles. The van der Waals surface area contributed by atoms with Gasteiger partial charge in [0, 0.05) is 6.54 Å². The molecule has 0 aromatic rings. The van der Waals surface area contributed by atoms with Gasteiger partial charge in [-0.1, -0.05) is 13.3 Å². The summed E-state index contributed by atoms with van der Waals surface area (Å²) < 4.78 is 0. The molecule has 6 heteroatoms. The molecule has 1 atom stereocenters. The van der Waals surface area contributed by atoms with Gasteiger partial charge in [0.15, 0.2) is 6.29 Å². The highest BCUT2D eigenvalue weighted by Gasteiger charge is 2.20. The Morgan fingerprint density at radius 2 is 2.31 bits per heavy atom. The molecule has 1 heterocycles. The lowest BCUT2D eigenvalue weighted by molar-refractivity contribution is 0.321. The van der Waals surface area contributed by atoms with Crippen LogP contribution in [0.4, 0.5) is 0 Å². The number of rotatable bonds is 3. The molecule has 0 fully saturated rings. The molecule has 4 N–H and O–H groups in total. The van der Waals surface area contributed by atoms with Gasteiger partial charge in [0.25, 0.3) is 0 Å². The maximum Gasteiger partial charge on any atom is 0.221 e. The predicted molar refractivity (Wildman–Crippen MR) is 54.5 cm³/mol. The molecule has 0 saturated carbocycles. The van der Waals surface area contributed by atoms with Crippen LogP contribution in [0, 0.1) is 0 Å². The van der Waals surface area contributed by atoms with Crippen LogP contribution in [0.1, 0.15) is 19.8 Å². The van der Waals surface area contributed by atoms with Gasteiger partial charge in [0.05, 0.1) is 0 Å². The Morgan fingerprint density at radius 1 is 1.62 bits per heavy atom. The standard InChI is InChI=1S/C7H14ClN5/c1-2-3-4-13-5(8)11-6(9)12-7(13)10/h7H,2-4,10H2,1H3,(H2,9,12). The number of unbranched alkanes of at least 4 members (excludes halogenated alkanes) is 1. The molecule has 1 aliphatic heterocycles. The first-order chi connectivity index (χ1) is 6.15. The maximum absolute atomic E-state index is 5.84. The summed E-state index contributed by atoms with van der Waals surface area (Å²) in [5, 5.41) is 0.327. The van der Waals surface area contributed by atoms with E-state index in [0.29, 0.717) is 5.29 Å². The molecule has 0 aliphatic carbocycles. The summed E-state index contributed by atoms with van der Waals surface area (Å²) in [6.45, 7) is 2.86. The molecule has 0 spiro atoms. The number of aliphatic imine (C=N–C) groups is 2. The fraction of sp³-hybridized carbons (Fsp3) is 0.714. The topological polar surface area (TPSA) is 80.0 Å². The SMILES string of the molecule is CCCCN1C(Cl)=NC(N)=NC1N. The zero-order valence-corrected chi connectivity index (χ0v) is 8.33. The third-order valence-corrected chi connectivity index (χ3v) is 2.08. The summed E-state index contributed by atoms with van der Waals surface area (Å²) in [7, 11) is 0. The molecule has 0 saturated heterocycles. The fourth-order valence-corrected chi connectivity index (χ4v) is 1.33. The van der Waals surface area contributed by atoms with Crippen molar-refractivity contribution in [1.82, 2.24) is 4.90 Å². The predicted octanol–water partition coefficient (Wildman–Crippen LogP) is 0.254. The summed E-state index contributed by atoms with van der Waals surface area (Å²) in [5.41, 5.74) is 11.1. The van der Waals surface area contributed by atoms with E-state index in [2.05, 4.69) is 16.9 Å². The maximum atomic E-state index is 5.84. The van der Waals surface area contributed by atoms with Crippen molar-refractivity contribution in [3.63, 3.8) is 0 Å². The highest BCUT2D eigenvalue weighted by Crippen LogP contribution is 2.08. The molecule has 1 unspecified atom stereocenters. The average molecular weight is 204 g/mol. The molecule has 1 rings (SSSR count). The number of hydrogen-bond acceptors (Lipinski definition) is 5. The van der Waals surface area contributed by atoms with Gasteiger partial charge >= 0.3 is 0 Å². The lowest BCUT2D eigenvalue weighted by Crippen LogP contribution is -2.47. The van der Waals surface area contributed by atoms with Gasteiger partial charge in [-0.3, -0.25) is 5.73 Å². The lowest BCUT2D eigenvalue weighted by atomic mass is 10.3. The molecule has 0 bridgehead atoms. The van der Waals surface area contributed by atoms with Gasteiger partial charge in [-0.25, -0.2) is 4.99 Å². The Kier molecular flexibility index (Phi) is 3.50. The van der Waals surface area contributed by atoms with E-state index in [0.717, 1.165) is 19.4 Å². The second kappa shape index (κ2) is 4.43. The molecule has 0 radical (unpaired) electrons. The van der Waals surface area contributed by atoms with Crippen LogP contribution in [0.25, 0.3) is 0 Å². The normalized spacial score (nSPS) is 22.7. The van der Waals surface area contributed by atoms with Crippen molar-refractivity contribution in [2.24, 2.45) is 21.5 Å². The Morgan fingerprint density at radius 3 is 2.85 bits per heavy atom. The van der Waals surface area contributed by atoms with Crippen LogP contribution in [-0.2, 0) is 0 Å². The number of guanidine groups is 1. The quantitative estimate of drug-likeness (QED) is 0.646. The van der Waals surface area contributed by atoms with Crippen LogP contribution in [0.5, 0.6) is 0 Å².